The van der Waals surface area contributed by atoms with Gasteiger partial charge in [-0.15, -0.1) is 10.2 Å². The summed E-state index contributed by atoms with van der Waals surface area (Å²) in [5, 5.41) is 16.3. The van der Waals surface area contributed by atoms with Gasteiger partial charge in [-0.3, -0.25) is 0 Å². The molecule has 22 heavy (non-hydrogen) atoms. The molecule has 0 unspecified atom stereocenters. The van der Waals surface area contributed by atoms with Gasteiger partial charge in [0.25, 0.3) is 5.84 Å². The van der Waals surface area contributed by atoms with E-state index < -0.39 is 0 Å². The third-order valence-corrected chi connectivity index (χ3v) is 2.69. The molecule has 0 spiro atoms. The van der Waals surface area contributed by atoms with Crippen LogP contribution in [0.15, 0.2) is 69.6 Å². The number of rotatable bonds is 4. The minimum absolute atomic E-state index is 0.247. The van der Waals surface area contributed by atoms with E-state index in [9.17, 15) is 0 Å². The number of azo groups is 1. The van der Waals surface area contributed by atoms with Crippen molar-refractivity contribution >= 4 is 12.6 Å². The van der Waals surface area contributed by atoms with E-state index in [-0.39, 0.29) is 5.84 Å². The maximum Gasteiger partial charge on any atom is 0.342 e. The van der Waals surface area contributed by atoms with E-state index in [0.29, 0.717) is 17.1 Å². The number of nitrogens with one attached hydrogen (secondary N) is 1. The average Bonchev–Trinajstić information content (AvgIpc) is 3.02. The normalized spacial score (nSPS) is 12.8. The molecule has 0 saturated heterocycles. The fourth-order valence-corrected chi connectivity index (χ4v) is 1.40. The highest BCUT2D eigenvalue weighted by Crippen LogP contribution is 2.00. The zero-order chi connectivity index (χ0) is 15.9. The lowest BCUT2D eigenvalue weighted by Crippen LogP contribution is -2.15. The van der Waals surface area contributed by atoms with Gasteiger partial charge >= 0.3 is 5.82 Å². The van der Waals surface area contributed by atoms with E-state index in [0.717, 1.165) is 0 Å². The van der Waals surface area contributed by atoms with Crippen LogP contribution in [0.3, 0.4) is 0 Å². The van der Waals surface area contributed by atoms with Crippen molar-refractivity contribution in [2.45, 2.75) is 0 Å². The molecule has 0 saturated carbocycles. The number of imidazole rings is 1. The van der Waals surface area contributed by atoms with Gasteiger partial charge in [0.05, 0.1) is 18.9 Å². The summed E-state index contributed by atoms with van der Waals surface area (Å²) in [7, 11) is 3.60. The van der Waals surface area contributed by atoms with Crippen molar-refractivity contribution in [1.82, 2.24) is 14.5 Å². The van der Waals surface area contributed by atoms with Crippen LogP contribution in [0, 0.1) is 0 Å². The van der Waals surface area contributed by atoms with Crippen LogP contribution in [-0.4, -0.2) is 38.7 Å². The first-order valence-electron chi connectivity index (χ1n) is 6.46. The molecular weight excluding hydrogens is 280 g/mol. The van der Waals surface area contributed by atoms with E-state index in [4.69, 9.17) is 0 Å². The van der Waals surface area contributed by atoms with Gasteiger partial charge in [0.15, 0.2) is 11.3 Å². The summed E-state index contributed by atoms with van der Waals surface area (Å²) >= 11 is 0. The third kappa shape index (κ3) is 3.92. The van der Waals surface area contributed by atoms with Crippen molar-refractivity contribution in [2.75, 3.05) is 7.05 Å². The number of aromatic amines is 1. The van der Waals surface area contributed by atoms with Crippen LogP contribution in [0.4, 0.5) is 0 Å². The first-order chi connectivity index (χ1) is 10.6. The molecule has 0 atom stereocenters. The van der Waals surface area contributed by atoms with Gasteiger partial charge in [-0.2, -0.15) is 0 Å². The van der Waals surface area contributed by atoms with Gasteiger partial charge < -0.3 is 9.55 Å². The summed E-state index contributed by atoms with van der Waals surface area (Å²) in [5.74, 6) is 1.10. The van der Waals surface area contributed by atoms with Crippen LogP contribution in [-0.2, 0) is 7.05 Å². The van der Waals surface area contributed by atoms with Crippen LogP contribution in [0.2, 0.25) is 0 Å². The Hall–Kier alpha value is -3.16. The molecule has 0 fully saturated rings. The molecule has 8 nitrogen and oxygen atoms in total. The summed E-state index contributed by atoms with van der Waals surface area (Å²) in [4.78, 5) is 7.03. The second-order valence-electron chi connectivity index (χ2n) is 4.45. The fraction of sp³-hybridized carbons (Fsp3) is 0.143. The Labute approximate surface area is 127 Å². The molecule has 0 radical (unpaired) electrons. The SMILES string of the molecule is C=C(N=N/C(=N/N=c1/ccccn1C)c1ncc[nH]1)[N+](=C)C. The highest BCUT2D eigenvalue weighted by atomic mass is 15.3. The van der Waals surface area contributed by atoms with Crippen molar-refractivity contribution in [1.29, 1.82) is 0 Å². The topological polar surface area (TPSA) is 86.1 Å². The molecule has 0 aliphatic heterocycles. The summed E-state index contributed by atoms with van der Waals surface area (Å²) in [6.45, 7) is 7.40. The second-order valence-corrected chi connectivity index (χ2v) is 4.45. The summed E-state index contributed by atoms with van der Waals surface area (Å²) < 4.78 is 3.33. The quantitative estimate of drug-likeness (QED) is 0.298. The number of H-pyrrole nitrogens is 1. The van der Waals surface area contributed by atoms with Gasteiger partial charge in [-0.05, 0) is 23.8 Å². The van der Waals surface area contributed by atoms with Crippen molar-refractivity contribution in [2.24, 2.45) is 27.5 Å². The lowest BCUT2D eigenvalue weighted by molar-refractivity contribution is -0.435. The Morgan fingerprint density at radius 1 is 1.36 bits per heavy atom. The number of pyridine rings is 1. The maximum atomic E-state index is 4.16. The second kappa shape index (κ2) is 7.02. The minimum Gasteiger partial charge on any atom is -0.342 e. The molecule has 2 rings (SSSR count). The molecule has 0 aromatic carbocycles. The molecule has 2 aromatic heterocycles. The van der Waals surface area contributed by atoms with Crippen molar-refractivity contribution < 1.29 is 4.58 Å². The molecule has 1 N–H and O–H groups in total. The van der Waals surface area contributed by atoms with Crippen molar-refractivity contribution in [3.05, 3.63) is 60.5 Å². The van der Waals surface area contributed by atoms with E-state index >= 15 is 0 Å². The zero-order valence-electron chi connectivity index (χ0n) is 12.5. The molecule has 8 heteroatoms. The first kappa shape index (κ1) is 15.2. The van der Waals surface area contributed by atoms with Crippen LogP contribution in [0.1, 0.15) is 5.82 Å². The van der Waals surface area contributed by atoms with Gasteiger partial charge in [-0.25, -0.2) is 9.56 Å². The maximum absolute atomic E-state index is 4.16. The number of aryl methyl sites for hydroxylation is 1. The third-order valence-electron chi connectivity index (χ3n) is 2.69. The lowest BCUT2D eigenvalue weighted by Gasteiger charge is -1.95. The minimum atomic E-state index is 0.247. The Kier molecular flexibility index (Phi) is 4.86. The molecule has 2 aromatic rings. The highest BCUT2D eigenvalue weighted by Gasteiger charge is 2.09. The number of nitrogens with zero attached hydrogens (tertiary/aromatic N) is 7. The van der Waals surface area contributed by atoms with Gasteiger partial charge in [0.2, 0.25) is 0 Å². The molecule has 0 bridgehead atoms. The highest BCUT2D eigenvalue weighted by molar-refractivity contribution is 5.95. The van der Waals surface area contributed by atoms with E-state index in [1.165, 1.54) is 4.58 Å². The first-order valence-corrected chi connectivity index (χ1v) is 6.46. The number of hydrogen-bond donors (Lipinski definition) is 1. The van der Waals surface area contributed by atoms with Crippen LogP contribution >= 0.6 is 0 Å². The van der Waals surface area contributed by atoms with Gasteiger partial charge in [0.1, 0.15) is 0 Å². The van der Waals surface area contributed by atoms with E-state index in [1.54, 1.807) is 19.4 Å². The number of hydrogen-bond acceptors (Lipinski definition) is 4. The van der Waals surface area contributed by atoms with E-state index in [1.807, 2.05) is 36.0 Å². The monoisotopic (exact) mass is 297 g/mol. The molecule has 2 heterocycles. The summed E-state index contributed by atoms with van der Waals surface area (Å²) in [6, 6.07) is 5.62. The lowest BCUT2D eigenvalue weighted by atomic mass is 10.5. The zero-order valence-corrected chi connectivity index (χ0v) is 12.5. The standard InChI is InChI=1S/C14H17N8/c1-11(21(2)3)17-19-14(13-15-8-9-16-13)20-18-12-7-5-6-10-22(12)4/h5-10H,1-2H2,3-4H3,(H,15,16)/q+1/b18-12-,19-17?,20-14+. The molecule has 0 aliphatic rings. The number of amidine groups is 1. The van der Waals surface area contributed by atoms with Crippen LogP contribution in [0.5, 0.6) is 0 Å². The van der Waals surface area contributed by atoms with Gasteiger partial charge in [0, 0.05) is 25.6 Å². The molecule has 0 aliphatic carbocycles. The van der Waals surface area contributed by atoms with Crippen molar-refractivity contribution in [3.8, 4) is 0 Å². The molecular formula is C14H17N8+. The fourth-order valence-electron chi connectivity index (χ4n) is 1.40. The molecule has 0 amide bonds. The van der Waals surface area contributed by atoms with Gasteiger partial charge in [-0.1, -0.05) is 6.07 Å². The van der Waals surface area contributed by atoms with Crippen LogP contribution in [0.25, 0.3) is 0 Å². The predicted octanol–water partition coefficient (Wildman–Crippen LogP) is 1.28. The largest absolute Gasteiger partial charge is 0.342 e. The van der Waals surface area contributed by atoms with E-state index in [2.05, 4.69) is 43.7 Å². The smallest absolute Gasteiger partial charge is 0.342 e. The Morgan fingerprint density at radius 2 is 2.18 bits per heavy atom. The average molecular weight is 297 g/mol. The van der Waals surface area contributed by atoms with Crippen LogP contribution < -0.4 is 5.49 Å². The Bertz CT molecular complexity index is 792. The Morgan fingerprint density at radius 3 is 2.82 bits per heavy atom. The van der Waals surface area contributed by atoms with Crippen molar-refractivity contribution in [3.63, 3.8) is 0 Å². The Balaban J connectivity index is 2.40. The summed E-state index contributed by atoms with van der Waals surface area (Å²) in [5.41, 5.74) is 0.676. The predicted molar refractivity (Wildman–Crippen MR) is 83.4 cm³/mol. The molecule has 112 valence electrons. The summed E-state index contributed by atoms with van der Waals surface area (Å²) in [6.07, 6.45) is 5.15. The number of aromatic nitrogens is 3.